The lowest BCUT2D eigenvalue weighted by Crippen LogP contribution is -2.29. The zero-order valence-corrected chi connectivity index (χ0v) is 11.1. The maximum atomic E-state index is 6.06. The van der Waals surface area contributed by atoms with E-state index in [-0.39, 0.29) is 0 Å². The monoisotopic (exact) mass is 222 g/mol. The van der Waals surface area contributed by atoms with Crippen molar-refractivity contribution in [1.29, 1.82) is 0 Å². The van der Waals surface area contributed by atoms with Crippen LogP contribution in [0.4, 0.5) is 0 Å². The van der Waals surface area contributed by atoms with Crippen LogP contribution in [0.25, 0.3) is 0 Å². The summed E-state index contributed by atoms with van der Waals surface area (Å²) in [6.45, 7) is 7.64. The van der Waals surface area contributed by atoms with Crippen molar-refractivity contribution in [2.45, 2.75) is 45.5 Å². The van der Waals surface area contributed by atoms with E-state index in [1.54, 1.807) is 0 Å². The molecule has 0 radical (unpaired) electrons. The minimum Gasteiger partial charge on any atom is -0.413 e. The summed E-state index contributed by atoms with van der Waals surface area (Å²) < 4.78 is 6.06. The van der Waals surface area contributed by atoms with Gasteiger partial charge in [0.05, 0.1) is 6.61 Å². The van der Waals surface area contributed by atoms with Gasteiger partial charge >= 0.3 is 0 Å². The molecule has 84 valence electrons. The molecule has 0 bridgehead atoms. The van der Waals surface area contributed by atoms with E-state index in [0.717, 1.165) is 6.61 Å². The molecular weight excluding hydrogens is 200 g/mol. The molecule has 0 unspecified atom stereocenters. The lowest BCUT2D eigenvalue weighted by molar-refractivity contribution is 0.294. The molecular formula is C13H22OSi. The molecule has 0 aliphatic carbocycles. The van der Waals surface area contributed by atoms with Crippen molar-refractivity contribution in [2.75, 3.05) is 0 Å². The van der Waals surface area contributed by atoms with Crippen LogP contribution in [0.15, 0.2) is 30.3 Å². The van der Waals surface area contributed by atoms with Gasteiger partial charge in [-0.15, -0.1) is 0 Å². The van der Waals surface area contributed by atoms with Crippen LogP contribution in [0.1, 0.15) is 25.3 Å². The number of unbranched alkanes of at least 4 members (excludes halogenated alkanes) is 1. The molecule has 0 saturated heterocycles. The molecule has 0 aliphatic rings. The lowest BCUT2D eigenvalue weighted by Gasteiger charge is -2.22. The van der Waals surface area contributed by atoms with Crippen LogP contribution >= 0.6 is 0 Å². The highest BCUT2D eigenvalue weighted by molar-refractivity contribution is 6.71. The second-order valence-corrected chi connectivity index (χ2v) is 8.95. The molecule has 0 spiro atoms. The summed E-state index contributed by atoms with van der Waals surface area (Å²) in [7, 11) is -1.41. The molecule has 1 aromatic carbocycles. The van der Waals surface area contributed by atoms with E-state index in [4.69, 9.17) is 4.43 Å². The summed E-state index contributed by atoms with van der Waals surface area (Å²) in [5.41, 5.74) is 1.29. The van der Waals surface area contributed by atoms with E-state index in [0.29, 0.717) is 0 Å². The standard InChI is InChI=1S/C13H22OSi/c1-4-5-11-15(2,3)14-12-13-9-7-6-8-10-13/h6-10H,4-5,11-12H2,1-3H3. The van der Waals surface area contributed by atoms with E-state index >= 15 is 0 Å². The Labute approximate surface area is 94.6 Å². The first-order valence-electron chi connectivity index (χ1n) is 5.82. The maximum absolute atomic E-state index is 6.06. The van der Waals surface area contributed by atoms with Gasteiger partial charge < -0.3 is 4.43 Å². The average molecular weight is 222 g/mol. The highest BCUT2D eigenvalue weighted by Gasteiger charge is 2.21. The number of hydrogen-bond acceptors (Lipinski definition) is 1. The van der Waals surface area contributed by atoms with Crippen LogP contribution in [-0.2, 0) is 11.0 Å². The van der Waals surface area contributed by atoms with Crippen molar-refractivity contribution >= 4 is 8.32 Å². The Morgan fingerprint density at radius 2 is 1.80 bits per heavy atom. The Bertz CT molecular complexity index is 269. The minimum absolute atomic E-state index is 0.782. The number of benzene rings is 1. The summed E-state index contributed by atoms with van der Waals surface area (Å²) in [6, 6.07) is 11.7. The van der Waals surface area contributed by atoms with Crippen LogP contribution in [0, 0.1) is 0 Å². The van der Waals surface area contributed by atoms with Gasteiger partial charge in [0.1, 0.15) is 0 Å². The molecule has 1 rings (SSSR count). The van der Waals surface area contributed by atoms with Gasteiger partial charge in [-0.25, -0.2) is 0 Å². The zero-order chi connectivity index (χ0) is 11.1. The predicted molar refractivity (Wildman–Crippen MR) is 68.4 cm³/mol. The van der Waals surface area contributed by atoms with Crippen molar-refractivity contribution in [3.05, 3.63) is 35.9 Å². The van der Waals surface area contributed by atoms with Gasteiger partial charge in [-0.2, -0.15) is 0 Å². The number of rotatable bonds is 6. The molecule has 0 aromatic heterocycles. The van der Waals surface area contributed by atoms with Gasteiger partial charge in [0.25, 0.3) is 0 Å². The summed E-state index contributed by atoms with van der Waals surface area (Å²) in [5.74, 6) is 0. The summed E-state index contributed by atoms with van der Waals surface area (Å²) in [4.78, 5) is 0. The lowest BCUT2D eigenvalue weighted by atomic mass is 10.2. The second-order valence-electron chi connectivity index (χ2n) is 4.64. The maximum Gasteiger partial charge on any atom is 0.187 e. The quantitative estimate of drug-likeness (QED) is 0.655. The molecule has 15 heavy (non-hydrogen) atoms. The third-order valence-electron chi connectivity index (χ3n) is 2.60. The molecule has 1 aromatic rings. The fourth-order valence-corrected chi connectivity index (χ4v) is 3.43. The van der Waals surface area contributed by atoms with E-state index in [2.05, 4.69) is 44.3 Å². The van der Waals surface area contributed by atoms with Gasteiger partial charge in [0.2, 0.25) is 0 Å². The molecule has 0 heterocycles. The fourth-order valence-electron chi connectivity index (χ4n) is 1.53. The number of hydrogen-bond donors (Lipinski definition) is 0. The van der Waals surface area contributed by atoms with Crippen LogP contribution < -0.4 is 0 Å². The van der Waals surface area contributed by atoms with Crippen LogP contribution in [-0.4, -0.2) is 8.32 Å². The van der Waals surface area contributed by atoms with Crippen molar-refractivity contribution < 1.29 is 4.43 Å². The van der Waals surface area contributed by atoms with Crippen LogP contribution in [0.3, 0.4) is 0 Å². The van der Waals surface area contributed by atoms with E-state index in [1.165, 1.54) is 24.4 Å². The summed E-state index contributed by atoms with van der Waals surface area (Å²) in [6.07, 6.45) is 2.57. The second kappa shape index (κ2) is 6.08. The normalized spacial score (nSPS) is 11.7. The molecule has 0 amide bonds. The third kappa shape index (κ3) is 5.14. The highest BCUT2D eigenvalue weighted by atomic mass is 28.4. The summed E-state index contributed by atoms with van der Waals surface area (Å²) >= 11 is 0. The van der Waals surface area contributed by atoms with Gasteiger partial charge in [0, 0.05) is 0 Å². The largest absolute Gasteiger partial charge is 0.413 e. The van der Waals surface area contributed by atoms with Gasteiger partial charge in [-0.3, -0.25) is 0 Å². The molecule has 1 nitrogen and oxygen atoms in total. The average Bonchev–Trinajstić information content (AvgIpc) is 2.25. The molecule has 0 N–H and O–H groups in total. The van der Waals surface area contributed by atoms with Crippen LogP contribution in [0.5, 0.6) is 0 Å². The Balaban J connectivity index is 2.35. The van der Waals surface area contributed by atoms with Gasteiger partial charge in [-0.05, 0) is 24.7 Å². The van der Waals surface area contributed by atoms with Crippen molar-refractivity contribution in [3.8, 4) is 0 Å². The SMILES string of the molecule is CCCC[Si](C)(C)OCc1ccccc1. The Kier molecular flexibility index (Phi) is 5.06. The van der Waals surface area contributed by atoms with Gasteiger partial charge in [0.15, 0.2) is 8.32 Å². The smallest absolute Gasteiger partial charge is 0.187 e. The van der Waals surface area contributed by atoms with E-state index in [1.807, 2.05) is 6.07 Å². The molecule has 0 atom stereocenters. The third-order valence-corrected chi connectivity index (χ3v) is 5.09. The molecule has 0 aliphatic heterocycles. The minimum atomic E-state index is -1.41. The Morgan fingerprint density at radius 3 is 2.40 bits per heavy atom. The van der Waals surface area contributed by atoms with E-state index < -0.39 is 8.32 Å². The Morgan fingerprint density at radius 1 is 1.13 bits per heavy atom. The van der Waals surface area contributed by atoms with Crippen molar-refractivity contribution in [2.24, 2.45) is 0 Å². The van der Waals surface area contributed by atoms with Crippen LogP contribution in [0.2, 0.25) is 19.1 Å². The summed E-state index contributed by atoms with van der Waals surface area (Å²) in [5, 5.41) is 0. The first-order valence-corrected chi connectivity index (χ1v) is 8.93. The molecule has 2 heteroatoms. The van der Waals surface area contributed by atoms with Crippen molar-refractivity contribution in [3.63, 3.8) is 0 Å². The highest BCUT2D eigenvalue weighted by Crippen LogP contribution is 2.17. The van der Waals surface area contributed by atoms with Crippen molar-refractivity contribution in [1.82, 2.24) is 0 Å². The van der Waals surface area contributed by atoms with Gasteiger partial charge in [-0.1, -0.05) is 50.1 Å². The Hall–Kier alpha value is -0.603. The zero-order valence-electron chi connectivity index (χ0n) is 10.1. The molecule has 0 fully saturated rings. The first-order chi connectivity index (χ1) is 7.14. The molecule has 0 saturated carbocycles. The first kappa shape index (κ1) is 12.5. The fraction of sp³-hybridized carbons (Fsp3) is 0.538. The topological polar surface area (TPSA) is 9.23 Å². The predicted octanol–water partition coefficient (Wildman–Crippen LogP) is 4.21. The van der Waals surface area contributed by atoms with E-state index in [9.17, 15) is 0 Å².